The van der Waals surface area contributed by atoms with E-state index in [0.29, 0.717) is 11.6 Å². The molecule has 2 aromatic rings. The van der Waals surface area contributed by atoms with Gasteiger partial charge in [0.25, 0.3) is 0 Å². The maximum atomic E-state index is 6.22. The molecule has 0 amide bonds. The van der Waals surface area contributed by atoms with E-state index < -0.39 is 0 Å². The Morgan fingerprint density at radius 1 is 1.00 bits per heavy atom. The molecular formula is C18H21Cl2NO. The van der Waals surface area contributed by atoms with Crippen molar-refractivity contribution in [3.8, 4) is 5.75 Å². The molecule has 2 rings (SSSR count). The predicted molar refractivity (Wildman–Crippen MR) is 94.1 cm³/mol. The monoisotopic (exact) mass is 337 g/mol. The molecule has 1 N–H and O–H groups in total. The number of nitrogens with one attached hydrogen (secondary N) is 1. The summed E-state index contributed by atoms with van der Waals surface area (Å²) < 4.78 is 5.57. The van der Waals surface area contributed by atoms with Gasteiger partial charge in [0.2, 0.25) is 0 Å². The first kappa shape index (κ1) is 17.1. The number of ether oxygens (including phenoxy) is 1. The fraction of sp³-hybridized carbons (Fsp3) is 0.333. The number of hydrogen-bond acceptors (Lipinski definition) is 2. The van der Waals surface area contributed by atoms with Crippen LogP contribution in [0.4, 0.5) is 0 Å². The number of halogens is 2. The van der Waals surface area contributed by atoms with E-state index in [0.717, 1.165) is 42.3 Å². The summed E-state index contributed by atoms with van der Waals surface area (Å²) in [4.78, 5) is 0. The average molecular weight is 338 g/mol. The Morgan fingerprint density at radius 2 is 1.73 bits per heavy atom. The van der Waals surface area contributed by atoms with Crippen molar-refractivity contribution in [1.82, 2.24) is 5.32 Å². The van der Waals surface area contributed by atoms with Crippen LogP contribution in [0.1, 0.15) is 24.5 Å². The Bertz CT molecular complexity index is 584. The van der Waals surface area contributed by atoms with Crippen molar-refractivity contribution in [2.45, 2.75) is 26.3 Å². The summed E-state index contributed by atoms with van der Waals surface area (Å²) in [5.41, 5.74) is 2.43. The third-order valence-electron chi connectivity index (χ3n) is 3.29. The van der Waals surface area contributed by atoms with Crippen molar-refractivity contribution in [3.05, 3.63) is 63.6 Å². The third kappa shape index (κ3) is 5.53. The molecule has 4 heteroatoms. The minimum atomic E-state index is 0.672. The molecule has 0 spiro atoms. The molecule has 0 unspecified atom stereocenters. The topological polar surface area (TPSA) is 21.3 Å². The lowest BCUT2D eigenvalue weighted by molar-refractivity contribution is 0.317. The Labute approximate surface area is 142 Å². The molecule has 0 atom stereocenters. The maximum absolute atomic E-state index is 6.22. The van der Waals surface area contributed by atoms with Gasteiger partial charge in [-0.1, -0.05) is 48.3 Å². The third-order valence-corrected chi connectivity index (χ3v) is 3.84. The Balaban J connectivity index is 1.77. The van der Waals surface area contributed by atoms with E-state index in [2.05, 4.69) is 24.4 Å². The minimum absolute atomic E-state index is 0.672. The fourth-order valence-corrected chi connectivity index (χ4v) is 2.48. The van der Waals surface area contributed by atoms with Crippen molar-refractivity contribution in [2.75, 3.05) is 13.2 Å². The number of benzene rings is 2. The van der Waals surface area contributed by atoms with Crippen molar-refractivity contribution < 1.29 is 4.74 Å². The molecule has 0 aliphatic rings. The van der Waals surface area contributed by atoms with Gasteiger partial charge in [0.1, 0.15) is 5.75 Å². The molecule has 2 aromatic carbocycles. The molecule has 2 nitrogen and oxygen atoms in total. The number of rotatable bonds is 8. The molecule has 0 saturated carbocycles. The van der Waals surface area contributed by atoms with E-state index in [1.807, 2.05) is 30.3 Å². The van der Waals surface area contributed by atoms with Crippen LogP contribution in [-0.2, 0) is 13.0 Å². The van der Waals surface area contributed by atoms with Gasteiger partial charge in [-0.25, -0.2) is 0 Å². The highest BCUT2D eigenvalue weighted by atomic mass is 35.5. The van der Waals surface area contributed by atoms with Crippen LogP contribution in [0.2, 0.25) is 10.0 Å². The number of hydrogen-bond donors (Lipinski definition) is 1. The smallest absolute Gasteiger partial charge is 0.137 e. The molecule has 0 fully saturated rings. The van der Waals surface area contributed by atoms with Gasteiger partial charge in [-0.3, -0.25) is 0 Å². The first-order chi connectivity index (χ1) is 10.7. The summed E-state index contributed by atoms with van der Waals surface area (Å²) in [7, 11) is 0. The average Bonchev–Trinajstić information content (AvgIpc) is 2.52. The largest absolute Gasteiger partial charge is 0.492 e. The summed E-state index contributed by atoms with van der Waals surface area (Å²) in [6.07, 6.45) is 1.95. The highest BCUT2D eigenvalue weighted by Gasteiger charge is 2.03. The maximum Gasteiger partial charge on any atom is 0.137 e. The van der Waals surface area contributed by atoms with Crippen LogP contribution in [0, 0.1) is 0 Å². The molecule has 0 aromatic heterocycles. The van der Waals surface area contributed by atoms with Crippen LogP contribution in [0.3, 0.4) is 0 Å². The molecule has 0 heterocycles. The van der Waals surface area contributed by atoms with Gasteiger partial charge in [0.15, 0.2) is 0 Å². The molecular weight excluding hydrogens is 317 g/mol. The highest BCUT2D eigenvalue weighted by Crippen LogP contribution is 2.25. The molecule has 0 radical (unpaired) electrons. The first-order valence-corrected chi connectivity index (χ1v) is 8.31. The Kier molecular flexibility index (Phi) is 7.04. The zero-order valence-corrected chi connectivity index (χ0v) is 14.3. The van der Waals surface area contributed by atoms with Crippen molar-refractivity contribution in [1.29, 1.82) is 0 Å². The molecule has 118 valence electrons. The van der Waals surface area contributed by atoms with Crippen molar-refractivity contribution in [3.63, 3.8) is 0 Å². The van der Waals surface area contributed by atoms with Gasteiger partial charge in [-0.15, -0.1) is 0 Å². The van der Waals surface area contributed by atoms with Gasteiger partial charge in [0.05, 0.1) is 11.6 Å². The summed E-state index contributed by atoms with van der Waals surface area (Å²) in [5, 5.41) is 4.87. The van der Waals surface area contributed by atoms with Gasteiger partial charge >= 0.3 is 0 Å². The molecule has 0 bridgehead atoms. The van der Waals surface area contributed by atoms with Crippen LogP contribution in [0.5, 0.6) is 5.75 Å². The van der Waals surface area contributed by atoms with Gasteiger partial charge in [-0.2, -0.15) is 0 Å². The van der Waals surface area contributed by atoms with Crippen molar-refractivity contribution >= 4 is 23.2 Å². The van der Waals surface area contributed by atoms with E-state index in [1.165, 1.54) is 5.56 Å². The van der Waals surface area contributed by atoms with Crippen LogP contribution >= 0.6 is 23.2 Å². The molecule has 0 aliphatic heterocycles. The molecule has 0 saturated heterocycles. The van der Waals surface area contributed by atoms with Crippen LogP contribution in [0.25, 0.3) is 0 Å². The quantitative estimate of drug-likeness (QED) is 0.675. The van der Waals surface area contributed by atoms with E-state index in [1.54, 1.807) is 0 Å². The SMILES string of the molecule is CCCOc1ccc(CNCCc2ccc(Cl)cc2)cc1Cl. The summed E-state index contributed by atoms with van der Waals surface area (Å²) >= 11 is 12.1. The van der Waals surface area contributed by atoms with E-state index in [-0.39, 0.29) is 0 Å². The predicted octanol–water partition coefficient (Wildman–Crippen LogP) is 5.11. The van der Waals surface area contributed by atoms with E-state index >= 15 is 0 Å². The van der Waals surface area contributed by atoms with E-state index in [4.69, 9.17) is 27.9 Å². The minimum Gasteiger partial charge on any atom is -0.492 e. The normalized spacial score (nSPS) is 10.7. The molecule has 22 heavy (non-hydrogen) atoms. The van der Waals surface area contributed by atoms with E-state index in [9.17, 15) is 0 Å². The second-order valence-corrected chi connectivity index (χ2v) is 6.01. The summed E-state index contributed by atoms with van der Waals surface area (Å²) in [6.45, 7) is 4.47. The lowest BCUT2D eigenvalue weighted by atomic mass is 10.1. The van der Waals surface area contributed by atoms with Crippen LogP contribution < -0.4 is 10.1 Å². The lowest BCUT2D eigenvalue weighted by Crippen LogP contribution is -2.16. The van der Waals surface area contributed by atoms with Gasteiger partial charge in [0, 0.05) is 11.6 Å². The Morgan fingerprint density at radius 3 is 2.41 bits per heavy atom. The Hall–Kier alpha value is -1.22. The fourth-order valence-electron chi connectivity index (χ4n) is 2.10. The second kappa shape index (κ2) is 9.04. The zero-order valence-electron chi connectivity index (χ0n) is 12.7. The van der Waals surface area contributed by atoms with Crippen LogP contribution in [0.15, 0.2) is 42.5 Å². The zero-order chi connectivity index (χ0) is 15.8. The summed E-state index contributed by atoms with van der Waals surface area (Å²) in [6, 6.07) is 13.9. The lowest BCUT2D eigenvalue weighted by Gasteiger charge is -2.09. The standard InChI is InChI=1S/C18H21Cl2NO/c1-2-11-22-18-8-5-15(12-17(18)20)13-21-10-9-14-3-6-16(19)7-4-14/h3-8,12,21H,2,9-11,13H2,1H3. The summed E-state index contributed by atoms with van der Waals surface area (Å²) in [5.74, 6) is 0.758. The van der Waals surface area contributed by atoms with Crippen LogP contribution in [-0.4, -0.2) is 13.2 Å². The highest BCUT2D eigenvalue weighted by molar-refractivity contribution is 6.32. The van der Waals surface area contributed by atoms with Gasteiger partial charge < -0.3 is 10.1 Å². The molecule has 0 aliphatic carbocycles. The first-order valence-electron chi connectivity index (χ1n) is 7.55. The van der Waals surface area contributed by atoms with Crippen molar-refractivity contribution in [2.24, 2.45) is 0 Å². The van der Waals surface area contributed by atoms with Gasteiger partial charge in [-0.05, 0) is 54.8 Å². The second-order valence-electron chi connectivity index (χ2n) is 5.17.